The average molecular weight is 494 g/mol. The summed E-state index contributed by atoms with van der Waals surface area (Å²) in [4.78, 5) is 48.3. The molecule has 10 heteroatoms. The van der Waals surface area contributed by atoms with Crippen molar-refractivity contribution in [2.45, 2.75) is 12.0 Å². The van der Waals surface area contributed by atoms with Crippen molar-refractivity contribution in [3.8, 4) is 11.1 Å². The first-order chi connectivity index (χ1) is 16.9. The normalized spacial score (nSPS) is 12.7. The Kier molecular flexibility index (Phi) is 7.41. The molecule has 35 heavy (non-hydrogen) atoms. The fraction of sp³-hybridized carbons (Fsp3) is 0.200. The van der Waals surface area contributed by atoms with E-state index in [1.165, 1.54) is 11.3 Å². The zero-order chi connectivity index (χ0) is 24.8. The van der Waals surface area contributed by atoms with E-state index in [1.54, 1.807) is 17.5 Å². The third-order valence-corrected chi connectivity index (χ3v) is 6.49. The van der Waals surface area contributed by atoms with Crippen LogP contribution in [-0.2, 0) is 19.1 Å². The van der Waals surface area contributed by atoms with Crippen LogP contribution in [0.1, 0.15) is 28.0 Å². The molecule has 4 rings (SSSR count). The Bertz CT molecular complexity index is 1200. The molecule has 1 heterocycles. The van der Waals surface area contributed by atoms with E-state index in [9.17, 15) is 19.2 Å². The van der Waals surface area contributed by atoms with Gasteiger partial charge in [-0.3, -0.25) is 14.4 Å². The van der Waals surface area contributed by atoms with Gasteiger partial charge in [0, 0.05) is 10.8 Å². The lowest BCUT2D eigenvalue weighted by Crippen LogP contribution is -2.44. The van der Waals surface area contributed by atoms with E-state index in [-0.39, 0.29) is 12.5 Å². The summed E-state index contributed by atoms with van der Waals surface area (Å²) in [5.74, 6) is -2.60. The number of hydrogen-bond acceptors (Lipinski definition) is 6. The predicted octanol–water partition coefficient (Wildman–Crippen LogP) is 2.64. The molecule has 0 fully saturated rings. The molecule has 1 atom stereocenters. The fourth-order valence-corrected chi connectivity index (χ4v) is 4.76. The first-order valence-electron chi connectivity index (χ1n) is 10.8. The Morgan fingerprint density at radius 3 is 2.14 bits per heavy atom. The minimum Gasteiger partial charge on any atom is -0.480 e. The largest absolute Gasteiger partial charge is 0.480 e. The number of amides is 3. The second-order valence-corrected chi connectivity index (χ2v) is 8.79. The van der Waals surface area contributed by atoms with Gasteiger partial charge in [-0.15, -0.1) is 11.3 Å². The number of aliphatic carboxylic acids is 1. The van der Waals surface area contributed by atoms with Crippen LogP contribution in [0.3, 0.4) is 0 Å². The van der Waals surface area contributed by atoms with Gasteiger partial charge in [0.05, 0.1) is 6.54 Å². The molecule has 0 spiro atoms. The first kappa shape index (κ1) is 24.0. The standard InChI is InChI=1S/C25H23N3O6S/c29-21(26-13-22(30)31)12-27-24(32)23(20-10-5-11-35-20)28-25(33)34-14-19-17-8-3-1-6-15(17)16-7-2-4-9-18(16)19/h1-11,19,23H,12-14H2,(H,26,29)(H,27,32)(H,28,33)(H,30,31). The van der Waals surface area contributed by atoms with Crippen LogP contribution in [0.4, 0.5) is 4.79 Å². The van der Waals surface area contributed by atoms with E-state index in [4.69, 9.17) is 9.84 Å². The topological polar surface area (TPSA) is 134 Å². The molecule has 0 radical (unpaired) electrons. The average Bonchev–Trinajstić information content (AvgIpc) is 3.50. The highest BCUT2D eigenvalue weighted by Gasteiger charge is 2.30. The quantitative estimate of drug-likeness (QED) is 0.362. The molecule has 1 aromatic heterocycles. The Morgan fingerprint density at radius 2 is 1.54 bits per heavy atom. The lowest BCUT2D eigenvalue weighted by atomic mass is 9.98. The van der Waals surface area contributed by atoms with Gasteiger partial charge in [-0.1, -0.05) is 54.6 Å². The second-order valence-electron chi connectivity index (χ2n) is 7.81. The molecule has 180 valence electrons. The molecule has 4 N–H and O–H groups in total. The second kappa shape index (κ2) is 10.8. The van der Waals surface area contributed by atoms with Crippen LogP contribution in [0.15, 0.2) is 66.0 Å². The van der Waals surface area contributed by atoms with Gasteiger partial charge in [0.1, 0.15) is 19.2 Å². The Labute approximate surface area is 205 Å². The number of fused-ring (bicyclic) bond motifs is 3. The summed E-state index contributed by atoms with van der Waals surface area (Å²) in [6.07, 6.45) is -0.768. The van der Waals surface area contributed by atoms with Crippen LogP contribution >= 0.6 is 11.3 Å². The zero-order valence-corrected chi connectivity index (χ0v) is 19.3. The maximum absolute atomic E-state index is 12.7. The van der Waals surface area contributed by atoms with Crippen molar-refractivity contribution in [3.05, 3.63) is 82.0 Å². The highest BCUT2D eigenvalue weighted by molar-refractivity contribution is 7.10. The van der Waals surface area contributed by atoms with Crippen LogP contribution < -0.4 is 16.0 Å². The van der Waals surface area contributed by atoms with Crippen LogP contribution in [0.25, 0.3) is 11.1 Å². The molecule has 3 amide bonds. The minimum absolute atomic E-state index is 0.0935. The highest BCUT2D eigenvalue weighted by atomic mass is 32.1. The fourth-order valence-electron chi connectivity index (χ4n) is 3.99. The monoisotopic (exact) mass is 493 g/mol. The summed E-state index contributed by atoms with van der Waals surface area (Å²) in [5.41, 5.74) is 4.35. The van der Waals surface area contributed by atoms with Gasteiger partial charge in [-0.05, 0) is 33.7 Å². The summed E-state index contributed by atoms with van der Waals surface area (Å²) in [5, 5.41) is 17.5. The Balaban J connectivity index is 1.39. The molecule has 1 unspecified atom stereocenters. The molecule has 1 aliphatic rings. The Hall–Kier alpha value is -4.18. The van der Waals surface area contributed by atoms with Crippen LogP contribution in [0.2, 0.25) is 0 Å². The van der Waals surface area contributed by atoms with Gasteiger partial charge in [-0.2, -0.15) is 0 Å². The van der Waals surface area contributed by atoms with Crippen molar-refractivity contribution < 1.29 is 29.0 Å². The van der Waals surface area contributed by atoms with Crippen molar-refractivity contribution in [1.82, 2.24) is 16.0 Å². The summed E-state index contributed by atoms with van der Waals surface area (Å²) in [6, 6.07) is 18.3. The number of ether oxygens (including phenoxy) is 1. The third-order valence-electron chi connectivity index (χ3n) is 5.56. The van der Waals surface area contributed by atoms with Crippen LogP contribution in [0, 0.1) is 0 Å². The molecule has 3 aromatic rings. The molecule has 2 aromatic carbocycles. The number of benzene rings is 2. The SMILES string of the molecule is O=C(O)CNC(=O)CNC(=O)C(NC(=O)OCC1c2ccccc2-c2ccccc21)c1cccs1. The van der Waals surface area contributed by atoms with Crippen molar-refractivity contribution in [3.63, 3.8) is 0 Å². The number of rotatable bonds is 9. The van der Waals surface area contributed by atoms with E-state index in [0.717, 1.165) is 22.3 Å². The first-order valence-corrected chi connectivity index (χ1v) is 11.7. The van der Waals surface area contributed by atoms with Crippen molar-refractivity contribution >= 4 is 35.2 Å². The minimum atomic E-state index is -1.20. The van der Waals surface area contributed by atoms with Gasteiger partial charge < -0.3 is 25.8 Å². The number of thiophene rings is 1. The number of carbonyl (C=O) groups is 4. The molecule has 0 aliphatic heterocycles. The summed E-state index contributed by atoms with van der Waals surface area (Å²) in [6.45, 7) is -0.891. The van der Waals surface area contributed by atoms with Gasteiger partial charge in [-0.25, -0.2) is 4.79 Å². The molecule has 0 saturated carbocycles. The van der Waals surface area contributed by atoms with Crippen molar-refractivity contribution in [2.75, 3.05) is 19.7 Å². The Morgan fingerprint density at radius 1 is 0.886 bits per heavy atom. The smallest absolute Gasteiger partial charge is 0.408 e. The molecule has 1 aliphatic carbocycles. The van der Waals surface area contributed by atoms with E-state index in [2.05, 4.69) is 16.0 Å². The van der Waals surface area contributed by atoms with E-state index >= 15 is 0 Å². The number of alkyl carbamates (subject to hydrolysis) is 1. The number of carboxylic acid groups (broad SMARTS) is 1. The highest BCUT2D eigenvalue weighted by Crippen LogP contribution is 2.44. The number of hydrogen-bond donors (Lipinski definition) is 4. The van der Waals surface area contributed by atoms with Gasteiger partial charge in [0.2, 0.25) is 11.8 Å². The number of nitrogens with one attached hydrogen (secondary N) is 3. The van der Waals surface area contributed by atoms with Crippen molar-refractivity contribution in [1.29, 1.82) is 0 Å². The maximum Gasteiger partial charge on any atom is 0.408 e. The molecule has 0 saturated heterocycles. The lowest BCUT2D eigenvalue weighted by Gasteiger charge is -2.19. The maximum atomic E-state index is 12.7. The van der Waals surface area contributed by atoms with Crippen LogP contribution in [-0.4, -0.2) is 48.7 Å². The number of carbonyl (C=O) groups excluding carboxylic acids is 3. The summed E-state index contributed by atoms with van der Waals surface area (Å²) in [7, 11) is 0. The van der Waals surface area contributed by atoms with E-state index in [1.807, 2.05) is 48.5 Å². The summed E-state index contributed by atoms with van der Waals surface area (Å²) < 4.78 is 5.54. The molecule has 9 nitrogen and oxygen atoms in total. The van der Waals surface area contributed by atoms with Crippen molar-refractivity contribution in [2.24, 2.45) is 0 Å². The third kappa shape index (κ3) is 5.67. The van der Waals surface area contributed by atoms with E-state index in [0.29, 0.717) is 4.88 Å². The summed E-state index contributed by atoms with van der Waals surface area (Å²) >= 11 is 1.27. The molecule has 0 bridgehead atoms. The predicted molar refractivity (Wildman–Crippen MR) is 129 cm³/mol. The zero-order valence-electron chi connectivity index (χ0n) is 18.5. The lowest BCUT2D eigenvalue weighted by molar-refractivity contribution is -0.137. The van der Waals surface area contributed by atoms with Gasteiger partial charge in [0.15, 0.2) is 0 Å². The van der Waals surface area contributed by atoms with E-state index < -0.39 is 43.0 Å². The number of carboxylic acids is 1. The van der Waals surface area contributed by atoms with Crippen LogP contribution in [0.5, 0.6) is 0 Å². The van der Waals surface area contributed by atoms with Gasteiger partial charge >= 0.3 is 12.1 Å². The van der Waals surface area contributed by atoms with Gasteiger partial charge in [0.25, 0.3) is 0 Å². The molecular weight excluding hydrogens is 470 g/mol. The molecular formula is C25H23N3O6S.